The predicted octanol–water partition coefficient (Wildman–Crippen LogP) is 0.116. The van der Waals surface area contributed by atoms with Gasteiger partial charge < -0.3 is 0 Å². The Hall–Kier alpha value is -0.0126. The van der Waals surface area contributed by atoms with Crippen molar-refractivity contribution in [3.05, 3.63) is 25.3 Å². The van der Waals surface area contributed by atoms with E-state index in [4.69, 9.17) is 0 Å². The molecule has 0 amide bonds. The Balaban J connectivity index is 4.48. The van der Waals surface area contributed by atoms with Crippen LogP contribution in [0.15, 0.2) is 25.3 Å². The average molecular weight is 181 g/mol. The minimum absolute atomic E-state index is 0.120. The van der Waals surface area contributed by atoms with Crippen molar-refractivity contribution in [2.75, 3.05) is 17.5 Å². The molecule has 0 fully saturated rings. The average Bonchev–Trinajstić information content (AvgIpc) is 2.04. The van der Waals surface area contributed by atoms with Crippen LogP contribution in [0.5, 0.6) is 0 Å². The molecule has 0 rings (SSSR count). The van der Waals surface area contributed by atoms with Crippen molar-refractivity contribution >= 4 is 27.7 Å². The van der Waals surface area contributed by atoms with Crippen molar-refractivity contribution in [2.24, 2.45) is 0 Å². The molecule has 0 aliphatic rings. The Labute approximate surface area is 83.4 Å². The van der Waals surface area contributed by atoms with Crippen LogP contribution in [0, 0.1) is 0 Å². The van der Waals surface area contributed by atoms with Crippen LogP contribution in [-0.2, 0) is 10.0 Å². The van der Waals surface area contributed by atoms with Gasteiger partial charge in [-0.2, -0.15) is 0 Å². The Bertz CT molecular complexity index is 238. The van der Waals surface area contributed by atoms with Gasteiger partial charge in [0.2, 0.25) is 0 Å². The Morgan fingerprint density at radius 1 is 1.25 bits per heavy atom. The molecule has 0 saturated carbocycles. The van der Waals surface area contributed by atoms with Gasteiger partial charge in [-0.25, -0.2) is 0 Å². The van der Waals surface area contributed by atoms with E-state index in [0.717, 1.165) is 0 Å². The molecule has 0 atom stereocenters. The molecular formula is C7H12LiNO2S. The topological polar surface area (TPSA) is 37.4 Å². The van der Waals surface area contributed by atoms with Gasteiger partial charge in [0, 0.05) is 0 Å². The van der Waals surface area contributed by atoms with Crippen LogP contribution in [0.1, 0.15) is 0 Å². The Morgan fingerprint density at radius 3 is 1.92 bits per heavy atom. The van der Waals surface area contributed by atoms with E-state index in [-0.39, 0.29) is 4.43 Å². The molecule has 0 saturated heterocycles. The summed E-state index contributed by atoms with van der Waals surface area (Å²) in [5, 5.41) is 0. The molecule has 0 aromatic carbocycles. The van der Waals surface area contributed by atoms with Crippen LogP contribution in [-0.4, -0.2) is 48.0 Å². The third-order valence-corrected chi connectivity index (χ3v) is 3.24. The van der Waals surface area contributed by atoms with E-state index in [9.17, 15) is 8.42 Å². The van der Waals surface area contributed by atoms with E-state index in [2.05, 4.69) is 13.2 Å². The molecule has 0 aromatic rings. The molecule has 0 heterocycles. The van der Waals surface area contributed by atoms with E-state index >= 15 is 0 Å². The quantitative estimate of drug-likeness (QED) is 0.431. The third-order valence-electron chi connectivity index (χ3n) is 1.42. The van der Waals surface area contributed by atoms with Crippen LogP contribution < -0.4 is 0 Å². The first-order valence-corrected chi connectivity index (χ1v) is 5.39. The number of sulfonamides is 1. The van der Waals surface area contributed by atoms with E-state index < -0.39 is 10.0 Å². The summed E-state index contributed by atoms with van der Waals surface area (Å²) >= 11 is 1.62. The van der Waals surface area contributed by atoms with Crippen molar-refractivity contribution in [3.63, 3.8) is 0 Å². The van der Waals surface area contributed by atoms with E-state index in [1.165, 1.54) is 4.31 Å². The van der Waals surface area contributed by atoms with Crippen LogP contribution in [0.25, 0.3) is 0 Å². The van der Waals surface area contributed by atoms with Gasteiger partial charge in [-0.05, 0) is 0 Å². The van der Waals surface area contributed by atoms with Gasteiger partial charge in [-0.15, -0.1) is 0 Å². The SMILES string of the molecule is [Li][CH2]S(=O)(=O)N(CC=C)CC=C. The molecule has 0 bridgehead atoms. The molecule has 64 valence electrons. The standard InChI is InChI=1S/C7H12NO2S.Li/c1-4-6-8(7-5-2)11(3,9)10;/h4-5H,1-3,6-7H2;. The van der Waals surface area contributed by atoms with Crippen LogP contribution in [0.2, 0.25) is 0 Å². The number of rotatable bonds is 6. The molecule has 0 unspecified atom stereocenters. The van der Waals surface area contributed by atoms with Gasteiger partial charge in [0.05, 0.1) is 0 Å². The second-order valence-corrected chi connectivity index (χ2v) is 4.55. The first kappa shape index (κ1) is 12.0. The summed E-state index contributed by atoms with van der Waals surface area (Å²) < 4.78 is 24.1. The zero-order valence-electron chi connectivity index (χ0n) is 7.36. The molecule has 12 heavy (non-hydrogen) atoms. The zero-order chi connectivity index (χ0) is 9.61. The fourth-order valence-corrected chi connectivity index (χ4v) is 1.80. The van der Waals surface area contributed by atoms with E-state index in [0.29, 0.717) is 13.1 Å². The van der Waals surface area contributed by atoms with Gasteiger partial charge in [-0.3, -0.25) is 0 Å². The maximum absolute atomic E-state index is 11.3. The fraction of sp³-hybridized carbons (Fsp3) is 0.429. The second kappa shape index (κ2) is 5.60. The van der Waals surface area contributed by atoms with Crippen molar-refractivity contribution in [3.8, 4) is 0 Å². The van der Waals surface area contributed by atoms with Crippen molar-refractivity contribution in [2.45, 2.75) is 0 Å². The minimum atomic E-state index is -3.09. The van der Waals surface area contributed by atoms with Crippen LogP contribution in [0.4, 0.5) is 0 Å². The summed E-state index contributed by atoms with van der Waals surface area (Å²) in [6.07, 6.45) is 3.13. The molecule has 0 aromatic heterocycles. The van der Waals surface area contributed by atoms with Crippen molar-refractivity contribution in [1.29, 1.82) is 0 Å². The van der Waals surface area contributed by atoms with E-state index in [1.807, 2.05) is 0 Å². The summed E-state index contributed by atoms with van der Waals surface area (Å²) in [4.78, 5) is 0. The normalized spacial score (nSPS) is 11.6. The fourth-order valence-electron chi connectivity index (χ4n) is 0.772. The molecule has 3 nitrogen and oxygen atoms in total. The number of hydrogen-bond donors (Lipinski definition) is 0. The van der Waals surface area contributed by atoms with Gasteiger partial charge in [-0.1, -0.05) is 0 Å². The summed E-state index contributed by atoms with van der Waals surface area (Å²) in [6, 6.07) is 0. The van der Waals surface area contributed by atoms with E-state index in [1.54, 1.807) is 29.9 Å². The van der Waals surface area contributed by atoms with Crippen LogP contribution in [0.3, 0.4) is 0 Å². The zero-order valence-corrected chi connectivity index (χ0v) is 8.18. The van der Waals surface area contributed by atoms with Gasteiger partial charge >= 0.3 is 83.3 Å². The second-order valence-electron chi connectivity index (χ2n) is 2.29. The molecule has 0 radical (unpaired) electrons. The molecule has 0 aliphatic carbocycles. The molecule has 5 heteroatoms. The Morgan fingerprint density at radius 2 is 1.67 bits per heavy atom. The summed E-state index contributed by atoms with van der Waals surface area (Å²) in [5.74, 6) is 0. The van der Waals surface area contributed by atoms with Gasteiger partial charge in [0.1, 0.15) is 0 Å². The summed E-state index contributed by atoms with van der Waals surface area (Å²) in [5.41, 5.74) is 0. The molecular weight excluding hydrogens is 169 g/mol. The van der Waals surface area contributed by atoms with Gasteiger partial charge in [0.25, 0.3) is 0 Å². The van der Waals surface area contributed by atoms with Crippen LogP contribution >= 0.6 is 0 Å². The van der Waals surface area contributed by atoms with Crippen molar-refractivity contribution in [1.82, 2.24) is 4.31 Å². The number of nitrogens with zero attached hydrogens (tertiary/aromatic N) is 1. The predicted molar refractivity (Wildman–Crippen MR) is 51.5 cm³/mol. The Kier molecular flexibility index (Phi) is 5.60. The van der Waals surface area contributed by atoms with Gasteiger partial charge in [0.15, 0.2) is 0 Å². The molecule has 0 N–H and O–H groups in total. The number of hydrogen-bond acceptors (Lipinski definition) is 2. The first-order valence-electron chi connectivity index (χ1n) is 3.78. The summed E-state index contributed by atoms with van der Waals surface area (Å²) in [6.45, 7) is 7.68. The summed E-state index contributed by atoms with van der Waals surface area (Å²) in [7, 11) is -3.09. The third kappa shape index (κ3) is 3.59. The monoisotopic (exact) mass is 181 g/mol. The maximum atomic E-state index is 11.3. The molecule has 0 aliphatic heterocycles. The first-order chi connectivity index (χ1) is 5.58. The molecule has 0 spiro atoms. The van der Waals surface area contributed by atoms with Crippen molar-refractivity contribution < 1.29 is 8.42 Å².